The third kappa shape index (κ3) is 4.73. The molecule has 0 atom stereocenters. The number of nitrogens with two attached hydrogens (primary N) is 1. The van der Waals surface area contributed by atoms with E-state index in [-0.39, 0.29) is 5.91 Å². The van der Waals surface area contributed by atoms with Crippen molar-refractivity contribution < 1.29 is 4.79 Å². The van der Waals surface area contributed by atoms with Gasteiger partial charge >= 0.3 is 0 Å². The maximum Gasteiger partial charge on any atom is 0.251 e. The van der Waals surface area contributed by atoms with Crippen molar-refractivity contribution in [3.05, 3.63) is 41.5 Å². The van der Waals surface area contributed by atoms with E-state index in [0.29, 0.717) is 5.56 Å². The minimum Gasteiger partial charge on any atom is -0.366 e. The zero-order valence-corrected chi connectivity index (χ0v) is 16.6. The predicted molar refractivity (Wildman–Crippen MR) is 107 cm³/mol. The number of carbonyl (C=O) groups excluding carboxylic acids is 1. The van der Waals surface area contributed by atoms with E-state index in [1.807, 2.05) is 25.3 Å². The van der Waals surface area contributed by atoms with Gasteiger partial charge in [-0.2, -0.15) is 0 Å². The van der Waals surface area contributed by atoms with Crippen molar-refractivity contribution in [1.82, 2.24) is 14.5 Å². The third-order valence-corrected chi connectivity index (χ3v) is 4.83. The van der Waals surface area contributed by atoms with E-state index in [2.05, 4.69) is 35.5 Å². The highest BCUT2D eigenvalue weighted by Crippen LogP contribution is 2.33. The summed E-state index contributed by atoms with van der Waals surface area (Å²) in [5.41, 5.74) is 10.6. The highest BCUT2D eigenvalue weighted by molar-refractivity contribution is 6.02. The minimum atomic E-state index is -0.357. The number of amides is 1. The molecule has 0 aliphatic heterocycles. The summed E-state index contributed by atoms with van der Waals surface area (Å²) in [6.45, 7) is 6.13. The van der Waals surface area contributed by atoms with Crippen LogP contribution in [0.1, 0.15) is 54.4 Å². The van der Waals surface area contributed by atoms with Crippen molar-refractivity contribution in [3.63, 3.8) is 0 Å². The van der Waals surface area contributed by atoms with Crippen LogP contribution < -0.4 is 5.73 Å². The molecule has 0 saturated heterocycles. The first-order valence-electron chi connectivity index (χ1n) is 9.54. The molecule has 0 radical (unpaired) electrons. The number of primary amides is 1. The summed E-state index contributed by atoms with van der Waals surface area (Å²) in [6.07, 6.45) is 9.03. The lowest BCUT2D eigenvalue weighted by Crippen LogP contribution is -2.17. The number of rotatable bonds is 10. The zero-order valence-electron chi connectivity index (χ0n) is 16.6. The first kappa shape index (κ1) is 20.2. The molecular formula is C21H32N4O. The topological polar surface area (TPSA) is 64.1 Å². The van der Waals surface area contributed by atoms with E-state index < -0.39 is 0 Å². The number of hydrogen-bond donors (Lipinski definition) is 1. The van der Waals surface area contributed by atoms with Crippen LogP contribution in [0.15, 0.2) is 24.5 Å². The quantitative estimate of drug-likeness (QED) is 0.661. The van der Waals surface area contributed by atoms with Crippen LogP contribution in [0, 0.1) is 6.92 Å². The lowest BCUT2D eigenvalue weighted by molar-refractivity contribution is 0.1000. The van der Waals surface area contributed by atoms with Crippen LogP contribution in [0.2, 0.25) is 0 Å². The average Bonchev–Trinajstić information content (AvgIpc) is 2.88. The number of hydrogen-bond acceptors (Lipinski definition) is 3. The molecule has 0 saturated carbocycles. The van der Waals surface area contributed by atoms with Gasteiger partial charge in [0.25, 0.3) is 5.91 Å². The van der Waals surface area contributed by atoms with Gasteiger partial charge in [0.1, 0.15) is 0 Å². The Bertz CT molecular complexity index is 719. The van der Waals surface area contributed by atoms with E-state index in [4.69, 9.17) is 5.73 Å². The predicted octanol–water partition coefficient (Wildman–Crippen LogP) is 3.64. The van der Waals surface area contributed by atoms with Gasteiger partial charge in [0.2, 0.25) is 0 Å². The summed E-state index contributed by atoms with van der Waals surface area (Å²) in [4.78, 5) is 18.7. The fourth-order valence-corrected chi connectivity index (χ4v) is 3.57. The van der Waals surface area contributed by atoms with Crippen LogP contribution in [0.5, 0.6) is 0 Å². The van der Waals surface area contributed by atoms with E-state index in [1.54, 1.807) is 6.20 Å². The lowest BCUT2D eigenvalue weighted by Gasteiger charge is -2.15. The smallest absolute Gasteiger partial charge is 0.251 e. The average molecular weight is 357 g/mol. The number of unbranched alkanes of at least 4 members (excludes halogenated alkanes) is 2. The molecule has 142 valence electrons. The molecule has 26 heavy (non-hydrogen) atoms. The highest BCUT2D eigenvalue weighted by atomic mass is 16.1. The molecule has 2 aromatic heterocycles. The van der Waals surface area contributed by atoms with Gasteiger partial charge in [-0.15, -0.1) is 0 Å². The zero-order chi connectivity index (χ0) is 19.1. The molecule has 2 N–H and O–H groups in total. The largest absolute Gasteiger partial charge is 0.366 e. The van der Waals surface area contributed by atoms with E-state index in [1.165, 1.54) is 18.5 Å². The molecule has 2 rings (SSSR count). The molecule has 0 spiro atoms. The van der Waals surface area contributed by atoms with Crippen LogP contribution in [0.25, 0.3) is 11.1 Å². The van der Waals surface area contributed by atoms with Crippen molar-refractivity contribution in [2.24, 2.45) is 5.73 Å². The number of aromatic nitrogens is 2. The first-order valence-corrected chi connectivity index (χ1v) is 9.54. The highest BCUT2D eigenvalue weighted by Gasteiger charge is 2.24. The first-order chi connectivity index (χ1) is 12.5. The summed E-state index contributed by atoms with van der Waals surface area (Å²) in [5, 5.41) is 0. The Morgan fingerprint density at radius 1 is 1.27 bits per heavy atom. The van der Waals surface area contributed by atoms with Gasteiger partial charge in [-0.25, -0.2) is 0 Å². The Labute approximate surface area is 157 Å². The monoisotopic (exact) mass is 356 g/mol. The maximum atomic E-state index is 12.3. The van der Waals surface area contributed by atoms with Crippen LogP contribution in [-0.2, 0) is 13.0 Å². The molecule has 0 aliphatic rings. The Kier molecular flexibility index (Phi) is 7.39. The fraction of sp³-hybridized carbons (Fsp3) is 0.524. The Hall–Kier alpha value is -2.14. The number of carbonyl (C=O) groups is 1. The second-order valence-electron chi connectivity index (χ2n) is 7.15. The third-order valence-electron chi connectivity index (χ3n) is 4.83. The molecule has 2 aromatic rings. The molecule has 1 amide bonds. The van der Waals surface area contributed by atoms with E-state index in [0.717, 1.165) is 49.2 Å². The van der Waals surface area contributed by atoms with Crippen molar-refractivity contribution in [3.8, 4) is 11.1 Å². The molecule has 0 bridgehead atoms. The summed E-state index contributed by atoms with van der Waals surface area (Å²) < 4.78 is 2.31. The lowest BCUT2D eigenvalue weighted by atomic mass is 9.98. The van der Waals surface area contributed by atoms with Gasteiger partial charge in [0.15, 0.2) is 0 Å². The summed E-state index contributed by atoms with van der Waals surface area (Å²) in [7, 11) is 4.17. The van der Waals surface area contributed by atoms with Gasteiger partial charge in [0, 0.05) is 41.5 Å². The van der Waals surface area contributed by atoms with Crippen molar-refractivity contribution in [1.29, 1.82) is 0 Å². The standard InChI is InChI=1S/C21H32N4O/c1-5-6-7-11-18-20(17-10-8-12-23-15-17)19(21(22)26)16(2)25(18)14-9-13-24(3)4/h8,10,12,15H,5-7,9,11,13-14H2,1-4H3,(H2,22,26). The van der Waals surface area contributed by atoms with Crippen LogP contribution in [-0.4, -0.2) is 41.0 Å². The Balaban J connectivity index is 2.52. The summed E-state index contributed by atoms with van der Waals surface area (Å²) >= 11 is 0. The van der Waals surface area contributed by atoms with Crippen molar-refractivity contribution in [2.45, 2.75) is 52.5 Å². The molecule has 0 aromatic carbocycles. The molecule has 2 heterocycles. The van der Waals surface area contributed by atoms with Gasteiger partial charge in [-0.05, 0) is 52.9 Å². The SMILES string of the molecule is CCCCCc1c(-c2cccnc2)c(C(N)=O)c(C)n1CCCN(C)C. The normalized spacial score (nSPS) is 11.3. The second kappa shape index (κ2) is 9.53. The van der Waals surface area contributed by atoms with Gasteiger partial charge < -0.3 is 15.2 Å². The van der Waals surface area contributed by atoms with E-state index >= 15 is 0 Å². The van der Waals surface area contributed by atoms with Crippen LogP contribution in [0.3, 0.4) is 0 Å². The summed E-state index contributed by atoms with van der Waals surface area (Å²) in [5.74, 6) is -0.357. The summed E-state index contributed by atoms with van der Waals surface area (Å²) in [6, 6.07) is 3.93. The van der Waals surface area contributed by atoms with Gasteiger partial charge in [-0.3, -0.25) is 9.78 Å². The van der Waals surface area contributed by atoms with E-state index in [9.17, 15) is 4.79 Å². The van der Waals surface area contributed by atoms with Crippen LogP contribution >= 0.6 is 0 Å². The molecule has 5 heteroatoms. The Morgan fingerprint density at radius 2 is 2.04 bits per heavy atom. The second-order valence-corrected chi connectivity index (χ2v) is 7.15. The number of nitrogens with zero attached hydrogens (tertiary/aromatic N) is 3. The molecule has 0 fully saturated rings. The molecule has 0 aliphatic carbocycles. The van der Waals surface area contributed by atoms with Crippen molar-refractivity contribution >= 4 is 5.91 Å². The molecule has 0 unspecified atom stereocenters. The fourth-order valence-electron chi connectivity index (χ4n) is 3.57. The van der Waals surface area contributed by atoms with Gasteiger partial charge in [0.05, 0.1) is 5.56 Å². The van der Waals surface area contributed by atoms with Crippen LogP contribution in [0.4, 0.5) is 0 Å². The van der Waals surface area contributed by atoms with Gasteiger partial charge in [-0.1, -0.05) is 25.8 Å². The van der Waals surface area contributed by atoms with Crippen molar-refractivity contribution in [2.75, 3.05) is 20.6 Å². The minimum absolute atomic E-state index is 0.357. The maximum absolute atomic E-state index is 12.3. The Morgan fingerprint density at radius 3 is 2.62 bits per heavy atom. The molecule has 5 nitrogen and oxygen atoms in total. The number of pyridine rings is 1. The molecular weight excluding hydrogens is 324 g/mol.